The lowest BCUT2D eigenvalue weighted by Crippen LogP contribution is -1.94. The van der Waals surface area contributed by atoms with E-state index in [9.17, 15) is 9.50 Å². The minimum absolute atomic E-state index is 0.347. The molecule has 1 atom stereocenters. The first-order valence-corrected chi connectivity index (χ1v) is 6.12. The van der Waals surface area contributed by atoms with Gasteiger partial charge in [-0.05, 0) is 52.7 Å². The van der Waals surface area contributed by atoms with Crippen molar-refractivity contribution in [1.29, 1.82) is 0 Å². The highest BCUT2D eigenvalue weighted by atomic mass is 79.9. The first-order chi connectivity index (χ1) is 8.56. The Kier molecular flexibility index (Phi) is 3.93. The van der Waals surface area contributed by atoms with Crippen LogP contribution in [0.15, 0.2) is 41.0 Å². The minimum Gasteiger partial charge on any atom is -0.438 e. The summed E-state index contributed by atoms with van der Waals surface area (Å²) in [5.41, 5.74) is 0.707. The zero-order chi connectivity index (χ0) is 13.1. The topological polar surface area (TPSA) is 42.4 Å². The van der Waals surface area contributed by atoms with Crippen molar-refractivity contribution in [2.45, 2.75) is 13.0 Å². The molecule has 0 fully saturated rings. The number of nitrogens with zero attached hydrogens (tertiary/aromatic N) is 1. The molecule has 0 spiro atoms. The lowest BCUT2D eigenvalue weighted by molar-refractivity contribution is 0.198. The summed E-state index contributed by atoms with van der Waals surface area (Å²) in [5, 5.41) is 9.46. The molecule has 0 radical (unpaired) electrons. The monoisotopic (exact) mass is 311 g/mol. The number of hydrogen-bond donors (Lipinski definition) is 1. The van der Waals surface area contributed by atoms with Crippen LogP contribution in [-0.2, 0) is 0 Å². The molecule has 0 amide bonds. The van der Waals surface area contributed by atoms with Crippen LogP contribution in [0.25, 0.3) is 0 Å². The second kappa shape index (κ2) is 5.46. The minimum atomic E-state index is -0.591. The van der Waals surface area contributed by atoms with Gasteiger partial charge >= 0.3 is 0 Å². The largest absolute Gasteiger partial charge is 0.438 e. The fraction of sp³-hybridized carbons (Fsp3) is 0.154. The molecule has 94 valence electrons. The van der Waals surface area contributed by atoms with Crippen LogP contribution in [0, 0.1) is 5.82 Å². The number of halogens is 2. The van der Waals surface area contributed by atoms with E-state index < -0.39 is 6.10 Å². The Balaban J connectivity index is 2.25. The van der Waals surface area contributed by atoms with E-state index in [1.54, 1.807) is 25.3 Å². The van der Waals surface area contributed by atoms with Gasteiger partial charge in [-0.3, -0.25) is 0 Å². The number of aliphatic hydroxyl groups is 1. The molecule has 0 unspecified atom stereocenters. The normalized spacial score (nSPS) is 12.2. The van der Waals surface area contributed by atoms with Crippen LogP contribution >= 0.6 is 15.9 Å². The average Bonchev–Trinajstić information content (AvgIpc) is 2.33. The molecular weight excluding hydrogens is 301 g/mol. The van der Waals surface area contributed by atoms with Crippen molar-refractivity contribution in [2.24, 2.45) is 0 Å². The van der Waals surface area contributed by atoms with E-state index in [4.69, 9.17) is 4.74 Å². The highest BCUT2D eigenvalue weighted by Crippen LogP contribution is 2.30. The van der Waals surface area contributed by atoms with E-state index in [0.717, 1.165) is 0 Å². The van der Waals surface area contributed by atoms with Gasteiger partial charge in [0, 0.05) is 12.3 Å². The maximum absolute atomic E-state index is 12.9. The molecule has 1 aromatic heterocycles. The second-order valence-electron chi connectivity index (χ2n) is 3.78. The highest BCUT2D eigenvalue weighted by Gasteiger charge is 2.07. The lowest BCUT2D eigenvalue weighted by Gasteiger charge is -2.09. The van der Waals surface area contributed by atoms with Gasteiger partial charge < -0.3 is 9.84 Å². The summed E-state index contributed by atoms with van der Waals surface area (Å²) >= 11 is 3.21. The molecule has 1 heterocycles. The van der Waals surface area contributed by atoms with Gasteiger partial charge in [0.25, 0.3) is 0 Å². The Bertz CT molecular complexity index is 560. The second-order valence-corrected chi connectivity index (χ2v) is 4.63. The van der Waals surface area contributed by atoms with Crippen molar-refractivity contribution in [3.63, 3.8) is 0 Å². The lowest BCUT2D eigenvalue weighted by atomic mass is 10.2. The molecule has 5 heteroatoms. The van der Waals surface area contributed by atoms with Gasteiger partial charge in [0.1, 0.15) is 11.6 Å². The molecular formula is C13H11BrFNO2. The van der Waals surface area contributed by atoms with Gasteiger partial charge in [-0.15, -0.1) is 0 Å². The molecule has 1 N–H and O–H groups in total. The highest BCUT2D eigenvalue weighted by molar-refractivity contribution is 9.10. The van der Waals surface area contributed by atoms with Crippen LogP contribution in [0.2, 0.25) is 0 Å². The number of pyridine rings is 1. The third-order valence-electron chi connectivity index (χ3n) is 2.35. The third-order valence-corrected chi connectivity index (χ3v) is 2.97. The first-order valence-electron chi connectivity index (χ1n) is 5.33. The van der Waals surface area contributed by atoms with E-state index in [0.29, 0.717) is 21.7 Å². The molecule has 18 heavy (non-hydrogen) atoms. The summed E-state index contributed by atoms with van der Waals surface area (Å²) in [6.45, 7) is 1.66. The van der Waals surface area contributed by atoms with Crippen LogP contribution in [0.1, 0.15) is 18.6 Å². The fourth-order valence-electron chi connectivity index (χ4n) is 1.41. The standard InChI is InChI=1S/C13H11BrFNO2/c1-8(17)9-4-5-16-13(6-9)18-12-3-2-10(15)7-11(12)14/h2-8,17H,1H3/t8-/m0/s1. The molecule has 0 aliphatic carbocycles. The Morgan fingerprint density at radius 3 is 2.78 bits per heavy atom. The number of ether oxygens (including phenoxy) is 1. The first kappa shape index (κ1) is 13.0. The predicted molar refractivity (Wildman–Crippen MR) is 69.0 cm³/mol. The summed E-state index contributed by atoms with van der Waals surface area (Å²) in [4.78, 5) is 4.03. The van der Waals surface area contributed by atoms with Gasteiger partial charge in [-0.2, -0.15) is 0 Å². The summed E-state index contributed by atoms with van der Waals surface area (Å²) in [6, 6.07) is 7.47. The quantitative estimate of drug-likeness (QED) is 0.936. The Hall–Kier alpha value is -1.46. The van der Waals surface area contributed by atoms with E-state index in [2.05, 4.69) is 20.9 Å². The molecule has 1 aromatic carbocycles. The van der Waals surface area contributed by atoms with Gasteiger partial charge in [-0.25, -0.2) is 9.37 Å². The van der Waals surface area contributed by atoms with Crippen molar-refractivity contribution in [1.82, 2.24) is 4.98 Å². The van der Waals surface area contributed by atoms with E-state index >= 15 is 0 Å². The third kappa shape index (κ3) is 3.05. The SMILES string of the molecule is C[C@H](O)c1ccnc(Oc2ccc(F)cc2Br)c1. The summed E-state index contributed by atoms with van der Waals surface area (Å²) < 4.78 is 18.9. The van der Waals surface area contributed by atoms with Crippen LogP contribution in [0.5, 0.6) is 11.6 Å². The van der Waals surface area contributed by atoms with Gasteiger partial charge in [-0.1, -0.05) is 0 Å². The van der Waals surface area contributed by atoms with Crippen molar-refractivity contribution < 1.29 is 14.2 Å². The van der Waals surface area contributed by atoms with Crippen LogP contribution in [-0.4, -0.2) is 10.1 Å². The number of benzene rings is 1. The van der Waals surface area contributed by atoms with Crippen LogP contribution in [0.3, 0.4) is 0 Å². The molecule has 0 saturated heterocycles. The average molecular weight is 312 g/mol. The zero-order valence-corrected chi connectivity index (χ0v) is 11.2. The summed E-state index contributed by atoms with van der Waals surface area (Å²) in [7, 11) is 0. The Labute approximate surface area is 112 Å². The van der Waals surface area contributed by atoms with Gasteiger partial charge in [0.2, 0.25) is 5.88 Å². The number of rotatable bonds is 3. The van der Waals surface area contributed by atoms with Crippen molar-refractivity contribution in [3.05, 3.63) is 52.4 Å². The molecule has 2 aromatic rings. The smallest absolute Gasteiger partial charge is 0.219 e. The molecule has 3 nitrogen and oxygen atoms in total. The molecule has 0 bridgehead atoms. The van der Waals surface area contributed by atoms with Gasteiger partial charge in [0.05, 0.1) is 10.6 Å². The molecule has 0 aliphatic heterocycles. The molecule has 0 aliphatic rings. The Morgan fingerprint density at radius 2 is 2.11 bits per heavy atom. The van der Waals surface area contributed by atoms with E-state index in [1.807, 2.05) is 0 Å². The predicted octanol–water partition coefficient (Wildman–Crippen LogP) is 3.83. The molecule has 0 saturated carbocycles. The van der Waals surface area contributed by atoms with Crippen LogP contribution < -0.4 is 4.74 Å². The molecule has 2 rings (SSSR count). The van der Waals surface area contributed by atoms with Crippen molar-refractivity contribution in [3.8, 4) is 11.6 Å². The maximum atomic E-state index is 12.9. The van der Waals surface area contributed by atoms with Crippen molar-refractivity contribution >= 4 is 15.9 Å². The van der Waals surface area contributed by atoms with E-state index in [1.165, 1.54) is 18.2 Å². The van der Waals surface area contributed by atoms with Crippen molar-refractivity contribution in [2.75, 3.05) is 0 Å². The van der Waals surface area contributed by atoms with Gasteiger partial charge in [0.15, 0.2) is 0 Å². The number of aromatic nitrogens is 1. The maximum Gasteiger partial charge on any atom is 0.219 e. The Morgan fingerprint density at radius 1 is 1.33 bits per heavy atom. The zero-order valence-electron chi connectivity index (χ0n) is 9.60. The summed E-state index contributed by atoms with van der Waals surface area (Å²) in [5.74, 6) is 0.465. The number of aliphatic hydroxyl groups excluding tert-OH is 1. The van der Waals surface area contributed by atoms with E-state index in [-0.39, 0.29) is 5.82 Å². The number of hydrogen-bond acceptors (Lipinski definition) is 3. The summed E-state index contributed by atoms with van der Waals surface area (Å²) in [6.07, 6.45) is 0.960. The fourth-order valence-corrected chi connectivity index (χ4v) is 1.84. The van der Waals surface area contributed by atoms with Crippen LogP contribution in [0.4, 0.5) is 4.39 Å².